The third-order valence-corrected chi connectivity index (χ3v) is 4.62. The van der Waals surface area contributed by atoms with E-state index in [1.54, 1.807) is 24.0 Å². The number of carbonyl (C=O) groups excluding carboxylic acids is 1. The molecule has 1 amide bonds. The van der Waals surface area contributed by atoms with Crippen molar-refractivity contribution in [2.45, 2.75) is 19.8 Å². The fourth-order valence-corrected chi connectivity index (χ4v) is 3.30. The van der Waals surface area contributed by atoms with Crippen LogP contribution in [0.4, 0.5) is 5.13 Å². The van der Waals surface area contributed by atoms with E-state index in [1.165, 1.54) is 11.5 Å². The highest BCUT2D eigenvalue weighted by Gasteiger charge is 2.25. The molecule has 0 aliphatic carbocycles. The summed E-state index contributed by atoms with van der Waals surface area (Å²) < 4.78 is 6.01. The number of piperazine rings is 1. The molecule has 0 bridgehead atoms. The number of carbonyl (C=O) groups is 1. The maximum Gasteiger partial charge on any atom is 0.272 e. The number of hydrogen-bond acceptors (Lipinski definition) is 6. The third kappa shape index (κ3) is 2.83. The number of hydrogen-bond donors (Lipinski definition) is 0. The van der Waals surface area contributed by atoms with Crippen molar-refractivity contribution in [3.05, 3.63) is 23.8 Å². The first kappa shape index (κ1) is 15.0. The van der Waals surface area contributed by atoms with Crippen molar-refractivity contribution in [3.8, 4) is 0 Å². The van der Waals surface area contributed by atoms with Gasteiger partial charge < -0.3 is 9.80 Å². The van der Waals surface area contributed by atoms with E-state index in [0.717, 1.165) is 24.0 Å². The van der Waals surface area contributed by atoms with Gasteiger partial charge in [-0.2, -0.15) is 9.47 Å². The van der Waals surface area contributed by atoms with E-state index >= 15 is 0 Å². The molecule has 0 radical (unpaired) electrons. The summed E-state index contributed by atoms with van der Waals surface area (Å²) in [5.41, 5.74) is 0.631. The molecule has 0 saturated carbocycles. The number of nitrogens with zero attached hydrogens (tertiary/aromatic N) is 6. The van der Waals surface area contributed by atoms with Gasteiger partial charge in [0, 0.05) is 56.9 Å². The molecule has 7 nitrogen and oxygen atoms in total. The van der Waals surface area contributed by atoms with Gasteiger partial charge in [0.25, 0.3) is 5.91 Å². The third-order valence-electron chi connectivity index (χ3n) is 3.82. The van der Waals surface area contributed by atoms with Crippen LogP contribution in [0.1, 0.15) is 36.1 Å². The lowest BCUT2D eigenvalue weighted by Crippen LogP contribution is -2.49. The highest BCUT2D eigenvalue weighted by molar-refractivity contribution is 7.09. The van der Waals surface area contributed by atoms with Crippen LogP contribution in [0, 0.1) is 0 Å². The van der Waals surface area contributed by atoms with Gasteiger partial charge in [0.15, 0.2) is 0 Å². The summed E-state index contributed by atoms with van der Waals surface area (Å²) in [5, 5.41) is 5.01. The minimum atomic E-state index is 0.0415. The van der Waals surface area contributed by atoms with Crippen molar-refractivity contribution in [2.75, 3.05) is 31.1 Å². The summed E-state index contributed by atoms with van der Waals surface area (Å²) in [5.74, 6) is 1.28. The molecule has 1 aliphatic heterocycles. The lowest BCUT2D eigenvalue weighted by molar-refractivity contribution is 0.0735. The van der Waals surface area contributed by atoms with Crippen molar-refractivity contribution >= 4 is 22.6 Å². The number of amides is 1. The fourth-order valence-electron chi connectivity index (χ4n) is 2.44. The van der Waals surface area contributed by atoms with Crippen LogP contribution in [0.25, 0.3) is 0 Å². The van der Waals surface area contributed by atoms with Crippen molar-refractivity contribution in [2.24, 2.45) is 7.05 Å². The lowest BCUT2D eigenvalue weighted by Gasteiger charge is -2.34. The summed E-state index contributed by atoms with van der Waals surface area (Å²) in [6, 6.07) is 1.76. The highest BCUT2D eigenvalue weighted by atomic mass is 32.1. The van der Waals surface area contributed by atoms with Gasteiger partial charge in [-0.3, -0.25) is 9.48 Å². The van der Waals surface area contributed by atoms with Crippen molar-refractivity contribution < 1.29 is 4.79 Å². The molecule has 0 N–H and O–H groups in total. The second-order valence-electron chi connectivity index (χ2n) is 5.71. The number of aromatic nitrogens is 4. The van der Waals surface area contributed by atoms with Gasteiger partial charge in [0.05, 0.1) is 0 Å². The number of rotatable bonds is 3. The summed E-state index contributed by atoms with van der Waals surface area (Å²) >= 11 is 1.44. The van der Waals surface area contributed by atoms with Crippen molar-refractivity contribution in [1.82, 2.24) is 24.0 Å². The fraction of sp³-hybridized carbons (Fsp3) is 0.571. The van der Waals surface area contributed by atoms with Crippen molar-refractivity contribution in [3.63, 3.8) is 0 Å². The molecule has 8 heteroatoms. The molecule has 118 valence electrons. The van der Waals surface area contributed by atoms with Crippen LogP contribution < -0.4 is 4.90 Å². The van der Waals surface area contributed by atoms with E-state index in [0.29, 0.717) is 24.7 Å². The molecule has 2 aromatic rings. The minimum Gasteiger partial charge on any atom is -0.343 e. The molecular formula is C14H20N6OS. The molecule has 1 aliphatic rings. The van der Waals surface area contributed by atoms with Crippen LogP contribution in [0.5, 0.6) is 0 Å². The Morgan fingerprint density at radius 2 is 2.00 bits per heavy atom. The molecule has 0 aromatic carbocycles. The molecule has 1 fully saturated rings. The molecule has 0 unspecified atom stereocenters. The zero-order chi connectivity index (χ0) is 15.7. The van der Waals surface area contributed by atoms with Crippen LogP contribution in [-0.4, -0.2) is 56.1 Å². The summed E-state index contributed by atoms with van der Waals surface area (Å²) in [4.78, 5) is 21.1. The maximum absolute atomic E-state index is 12.4. The van der Waals surface area contributed by atoms with Crippen LogP contribution in [-0.2, 0) is 7.05 Å². The Balaban J connectivity index is 1.62. The zero-order valence-electron chi connectivity index (χ0n) is 13.1. The lowest BCUT2D eigenvalue weighted by atomic mass is 10.2. The predicted octanol–water partition coefficient (Wildman–Crippen LogP) is 1.36. The Bertz CT molecular complexity index is 656. The zero-order valence-corrected chi connectivity index (χ0v) is 13.9. The first-order chi connectivity index (χ1) is 10.6. The summed E-state index contributed by atoms with van der Waals surface area (Å²) in [6.45, 7) is 7.15. The Hall–Kier alpha value is -1.96. The second kappa shape index (κ2) is 6.04. The van der Waals surface area contributed by atoms with Gasteiger partial charge >= 0.3 is 0 Å². The summed E-state index contributed by atoms with van der Waals surface area (Å²) in [6.07, 6.45) is 1.65. The van der Waals surface area contributed by atoms with E-state index in [1.807, 2.05) is 4.90 Å². The van der Waals surface area contributed by atoms with Crippen molar-refractivity contribution in [1.29, 1.82) is 0 Å². The van der Waals surface area contributed by atoms with Gasteiger partial charge in [-0.05, 0) is 6.07 Å². The molecule has 0 atom stereocenters. The van der Waals surface area contributed by atoms with Gasteiger partial charge in [-0.15, -0.1) is 0 Å². The average Bonchev–Trinajstić information content (AvgIpc) is 3.15. The van der Waals surface area contributed by atoms with Gasteiger partial charge in [0.2, 0.25) is 5.13 Å². The minimum absolute atomic E-state index is 0.0415. The molecule has 3 heterocycles. The molecule has 0 spiro atoms. The van der Waals surface area contributed by atoms with E-state index in [-0.39, 0.29) is 5.91 Å². The van der Waals surface area contributed by atoms with Gasteiger partial charge in [0.1, 0.15) is 11.5 Å². The Labute approximate surface area is 133 Å². The van der Waals surface area contributed by atoms with E-state index < -0.39 is 0 Å². The van der Waals surface area contributed by atoms with Gasteiger partial charge in [-0.1, -0.05) is 13.8 Å². The summed E-state index contributed by atoms with van der Waals surface area (Å²) in [7, 11) is 1.79. The quantitative estimate of drug-likeness (QED) is 0.854. The van der Waals surface area contributed by atoms with Crippen LogP contribution in [0.3, 0.4) is 0 Å². The first-order valence-corrected chi connectivity index (χ1v) is 8.19. The average molecular weight is 320 g/mol. The van der Waals surface area contributed by atoms with E-state index in [9.17, 15) is 4.79 Å². The normalized spacial score (nSPS) is 15.6. The molecule has 22 heavy (non-hydrogen) atoms. The standard InChI is InChI=1S/C14H20N6OS/c1-10(2)12-16-14(22-17-12)20-8-6-19(7-9-20)13(21)11-4-5-15-18(11)3/h4-5,10H,6-9H2,1-3H3. The molecule has 3 rings (SSSR count). The monoisotopic (exact) mass is 320 g/mol. The largest absolute Gasteiger partial charge is 0.343 e. The Kier molecular flexibility index (Phi) is 4.10. The smallest absolute Gasteiger partial charge is 0.272 e. The van der Waals surface area contributed by atoms with Crippen LogP contribution in [0.2, 0.25) is 0 Å². The van der Waals surface area contributed by atoms with Crippen LogP contribution in [0.15, 0.2) is 12.3 Å². The van der Waals surface area contributed by atoms with Crippen LogP contribution >= 0.6 is 11.5 Å². The first-order valence-electron chi connectivity index (χ1n) is 7.42. The molecular weight excluding hydrogens is 300 g/mol. The van der Waals surface area contributed by atoms with E-state index in [4.69, 9.17) is 0 Å². The number of anilines is 1. The topological polar surface area (TPSA) is 67.2 Å². The highest BCUT2D eigenvalue weighted by Crippen LogP contribution is 2.22. The molecule has 1 saturated heterocycles. The Morgan fingerprint density at radius 1 is 1.27 bits per heavy atom. The maximum atomic E-state index is 12.4. The van der Waals surface area contributed by atoms with E-state index in [2.05, 4.69) is 33.2 Å². The Morgan fingerprint density at radius 3 is 2.55 bits per heavy atom. The predicted molar refractivity (Wildman–Crippen MR) is 85.3 cm³/mol. The number of aryl methyl sites for hydroxylation is 1. The SMILES string of the molecule is CC(C)c1nsc(N2CCN(C(=O)c3ccnn3C)CC2)n1. The van der Waals surface area contributed by atoms with Gasteiger partial charge in [-0.25, -0.2) is 4.98 Å². The second-order valence-corrected chi connectivity index (χ2v) is 6.44. The molecule has 2 aromatic heterocycles.